The smallest absolute Gasteiger partial charge is 0.407 e. The molecular weight excluding hydrogens is 298 g/mol. The molecule has 1 aromatic carbocycles. The monoisotopic (exact) mass is 321 g/mol. The van der Waals surface area contributed by atoms with Crippen LogP contribution < -0.4 is 5.32 Å². The van der Waals surface area contributed by atoms with Gasteiger partial charge in [-0.1, -0.05) is 30.3 Å². The second-order valence-electron chi connectivity index (χ2n) is 5.81. The third-order valence-electron chi connectivity index (χ3n) is 4.05. The molecule has 3 atom stereocenters. The van der Waals surface area contributed by atoms with Crippen LogP contribution in [0.4, 0.5) is 4.79 Å². The molecule has 0 saturated carbocycles. The molecule has 2 rings (SSSR count). The van der Waals surface area contributed by atoms with Crippen molar-refractivity contribution in [3.05, 3.63) is 35.9 Å². The summed E-state index contributed by atoms with van der Waals surface area (Å²) >= 11 is 0. The molecule has 6 nitrogen and oxygen atoms in total. The third-order valence-corrected chi connectivity index (χ3v) is 4.05. The van der Waals surface area contributed by atoms with Gasteiger partial charge in [0.2, 0.25) is 0 Å². The van der Waals surface area contributed by atoms with E-state index in [9.17, 15) is 9.59 Å². The van der Waals surface area contributed by atoms with E-state index in [2.05, 4.69) is 5.32 Å². The number of rotatable bonds is 7. The highest BCUT2D eigenvalue weighted by Crippen LogP contribution is 2.26. The van der Waals surface area contributed by atoms with Crippen LogP contribution in [-0.2, 0) is 20.9 Å². The first kappa shape index (κ1) is 17.3. The summed E-state index contributed by atoms with van der Waals surface area (Å²) in [6.45, 7) is 2.62. The molecule has 1 aromatic rings. The van der Waals surface area contributed by atoms with E-state index in [-0.39, 0.29) is 31.1 Å². The third kappa shape index (κ3) is 5.56. The maximum atomic E-state index is 11.9. The molecule has 0 aromatic heterocycles. The first-order chi connectivity index (χ1) is 11.1. The number of amides is 1. The number of hydrogen-bond acceptors (Lipinski definition) is 4. The average molecular weight is 321 g/mol. The van der Waals surface area contributed by atoms with Crippen molar-refractivity contribution in [3.8, 4) is 0 Å². The topological polar surface area (TPSA) is 84.9 Å². The van der Waals surface area contributed by atoms with E-state index in [1.807, 2.05) is 30.3 Å². The number of carbonyl (C=O) groups is 2. The van der Waals surface area contributed by atoms with Crippen LogP contribution in [0, 0.1) is 5.92 Å². The lowest BCUT2D eigenvalue weighted by Gasteiger charge is -2.28. The highest BCUT2D eigenvalue weighted by Gasteiger charge is 2.33. The fourth-order valence-corrected chi connectivity index (χ4v) is 2.83. The van der Waals surface area contributed by atoms with Crippen molar-refractivity contribution < 1.29 is 24.2 Å². The Morgan fingerprint density at radius 2 is 2.13 bits per heavy atom. The second-order valence-corrected chi connectivity index (χ2v) is 5.81. The van der Waals surface area contributed by atoms with Crippen LogP contribution >= 0.6 is 0 Å². The van der Waals surface area contributed by atoms with Gasteiger partial charge in [0, 0.05) is 18.6 Å². The maximum absolute atomic E-state index is 11.9. The molecule has 23 heavy (non-hydrogen) atoms. The molecule has 1 aliphatic heterocycles. The zero-order valence-corrected chi connectivity index (χ0v) is 13.2. The lowest BCUT2D eigenvalue weighted by molar-refractivity contribution is -0.139. The predicted octanol–water partition coefficient (Wildman–Crippen LogP) is 2.57. The van der Waals surface area contributed by atoms with E-state index in [1.165, 1.54) is 0 Å². The van der Waals surface area contributed by atoms with Gasteiger partial charge in [0.05, 0.1) is 12.5 Å². The largest absolute Gasteiger partial charge is 0.481 e. The molecular formula is C17H23NO5. The lowest BCUT2D eigenvalue weighted by atomic mass is 9.90. The summed E-state index contributed by atoms with van der Waals surface area (Å²) in [6.07, 6.45) is 1.03. The zero-order chi connectivity index (χ0) is 16.7. The quantitative estimate of drug-likeness (QED) is 0.806. The Balaban J connectivity index is 1.85. The van der Waals surface area contributed by atoms with Crippen LogP contribution in [0.1, 0.15) is 31.7 Å². The molecule has 126 valence electrons. The summed E-state index contributed by atoms with van der Waals surface area (Å²) in [7, 11) is 0. The molecule has 6 heteroatoms. The summed E-state index contributed by atoms with van der Waals surface area (Å²) in [5.74, 6) is -1.16. The fraction of sp³-hybridized carbons (Fsp3) is 0.529. The van der Waals surface area contributed by atoms with E-state index in [0.717, 1.165) is 18.4 Å². The fourth-order valence-electron chi connectivity index (χ4n) is 2.83. The highest BCUT2D eigenvalue weighted by atomic mass is 16.5. The molecule has 2 N–H and O–H groups in total. The number of carboxylic acid groups (broad SMARTS) is 1. The Morgan fingerprint density at radius 1 is 1.39 bits per heavy atom. The van der Waals surface area contributed by atoms with Gasteiger partial charge in [-0.15, -0.1) is 0 Å². The van der Waals surface area contributed by atoms with Crippen molar-refractivity contribution in [1.82, 2.24) is 5.32 Å². The minimum Gasteiger partial charge on any atom is -0.481 e. The number of hydrogen-bond donors (Lipinski definition) is 2. The van der Waals surface area contributed by atoms with E-state index >= 15 is 0 Å². The molecule has 0 radical (unpaired) electrons. The summed E-state index contributed by atoms with van der Waals surface area (Å²) < 4.78 is 10.8. The van der Waals surface area contributed by atoms with E-state index in [1.54, 1.807) is 6.92 Å². The normalized spacial score (nSPS) is 19.8. The first-order valence-electron chi connectivity index (χ1n) is 7.87. The van der Waals surface area contributed by atoms with Gasteiger partial charge < -0.3 is 19.9 Å². The van der Waals surface area contributed by atoms with Crippen molar-refractivity contribution >= 4 is 12.1 Å². The van der Waals surface area contributed by atoms with Crippen molar-refractivity contribution in [2.75, 3.05) is 6.61 Å². The molecule has 0 bridgehead atoms. The highest BCUT2D eigenvalue weighted by molar-refractivity contribution is 5.69. The number of alkyl carbamates (subject to hydrolysis) is 1. The van der Waals surface area contributed by atoms with Crippen LogP contribution in [-0.4, -0.2) is 35.9 Å². The van der Waals surface area contributed by atoms with Crippen molar-refractivity contribution in [1.29, 1.82) is 0 Å². The van der Waals surface area contributed by atoms with Gasteiger partial charge in [-0.3, -0.25) is 4.79 Å². The molecule has 1 heterocycles. The molecule has 0 aliphatic carbocycles. The Hall–Kier alpha value is -2.08. The number of carbonyl (C=O) groups excluding carboxylic acids is 1. The van der Waals surface area contributed by atoms with E-state index < -0.39 is 12.1 Å². The van der Waals surface area contributed by atoms with Crippen LogP contribution in [0.25, 0.3) is 0 Å². The van der Waals surface area contributed by atoms with Crippen molar-refractivity contribution in [2.45, 2.75) is 44.9 Å². The SMILES string of the molecule is C[C@H](NC(=O)OCc1ccccc1)[C@@H](CC(=O)O)[C@@H]1CCCO1. The number of nitrogens with one attached hydrogen (secondary N) is 1. The molecule has 0 spiro atoms. The van der Waals surface area contributed by atoms with Gasteiger partial charge >= 0.3 is 12.1 Å². The number of aliphatic carboxylic acids is 1. The second kappa shape index (κ2) is 8.53. The molecule has 1 aliphatic rings. The van der Waals surface area contributed by atoms with Gasteiger partial charge in [0.25, 0.3) is 0 Å². The van der Waals surface area contributed by atoms with Gasteiger partial charge in [-0.05, 0) is 25.3 Å². The molecule has 1 fully saturated rings. The summed E-state index contributed by atoms with van der Waals surface area (Å²) in [4.78, 5) is 23.0. The summed E-state index contributed by atoms with van der Waals surface area (Å²) in [6, 6.07) is 9.05. The minimum absolute atomic E-state index is 0.0369. The molecule has 0 unspecified atom stereocenters. The Bertz CT molecular complexity index is 513. The Labute approximate surface area is 135 Å². The maximum Gasteiger partial charge on any atom is 0.407 e. The first-order valence-corrected chi connectivity index (χ1v) is 7.87. The standard InChI is InChI=1S/C17H23NO5/c1-12(14(10-16(19)20)15-8-5-9-22-15)18-17(21)23-11-13-6-3-2-4-7-13/h2-4,6-7,12,14-15H,5,8-11H2,1H3,(H,18,21)(H,19,20)/t12-,14+,15-/m0/s1. The lowest BCUT2D eigenvalue weighted by Crippen LogP contribution is -2.43. The average Bonchev–Trinajstić information content (AvgIpc) is 3.05. The number of carboxylic acids is 1. The number of benzene rings is 1. The van der Waals surface area contributed by atoms with Crippen molar-refractivity contribution in [3.63, 3.8) is 0 Å². The molecule has 1 amide bonds. The van der Waals surface area contributed by atoms with Gasteiger partial charge in [-0.2, -0.15) is 0 Å². The predicted molar refractivity (Wildman–Crippen MR) is 83.9 cm³/mol. The summed E-state index contributed by atoms with van der Waals surface area (Å²) in [5.41, 5.74) is 0.900. The summed E-state index contributed by atoms with van der Waals surface area (Å²) in [5, 5.41) is 11.8. The van der Waals surface area contributed by atoms with Crippen LogP contribution in [0.3, 0.4) is 0 Å². The zero-order valence-electron chi connectivity index (χ0n) is 13.2. The van der Waals surface area contributed by atoms with E-state index in [0.29, 0.717) is 6.61 Å². The van der Waals surface area contributed by atoms with Gasteiger partial charge in [0.1, 0.15) is 6.61 Å². The number of ether oxygens (including phenoxy) is 2. The Morgan fingerprint density at radius 3 is 2.74 bits per heavy atom. The van der Waals surface area contributed by atoms with Crippen LogP contribution in [0.5, 0.6) is 0 Å². The van der Waals surface area contributed by atoms with E-state index in [4.69, 9.17) is 14.6 Å². The van der Waals surface area contributed by atoms with Crippen molar-refractivity contribution in [2.24, 2.45) is 5.92 Å². The van der Waals surface area contributed by atoms with Gasteiger partial charge in [0.15, 0.2) is 0 Å². The van der Waals surface area contributed by atoms with Gasteiger partial charge in [-0.25, -0.2) is 4.79 Å². The minimum atomic E-state index is -0.892. The molecule has 1 saturated heterocycles. The van der Waals surface area contributed by atoms with Crippen LogP contribution in [0.15, 0.2) is 30.3 Å². The van der Waals surface area contributed by atoms with Crippen LogP contribution in [0.2, 0.25) is 0 Å². The Kier molecular flexibility index (Phi) is 6.40.